The van der Waals surface area contributed by atoms with Gasteiger partial charge in [0.1, 0.15) is 5.82 Å². The molecule has 0 unspecified atom stereocenters. The second-order valence-electron chi connectivity index (χ2n) is 4.43. The molecule has 4 nitrogen and oxygen atoms in total. The zero-order valence-electron chi connectivity index (χ0n) is 10.4. The van der Waals surface area contributed by atoms with Crippen LogP contribution in [0.25, 0.3) is 0 Å². The summed E-state index contributed by atoms with van der Waals surface area (Å²) in [4.78, 5) is 6.57. The van der Waals surface area contributed by atoms with Gasteiger partial charge in [-0.05, 0) is 32.3 Å². The maximum Gasteiger partial charge on any atom is 0.127 e. The van der Waals surface area contributed by atoms with Gasteiger partial charge in [-0.1, -0.05) is 0 Å². The highest BCUT2D eigenvalue weighted by Gasteiger charge is 2.24. The number of aliphatic hydroxyl groups is 1. The average Bonchev–Trinajstić information content (AvgIpc) is 2.27. The molecule has 94 valence electrons. The van der Waals surface area contributed by atoms with E-state index in [-0.39, 0.29) is 6.61 Å². The third-order valence-electron chi connectivity index (χ3n) is 3.29. The van der Waals surface area contributed by atoms with Gasteiger partial charge in [-0.15, -0.1) is 0 Å². The molecule has 0 radical (unpaired) electrons. The zero-order chi connectivity index (χ0) is 12.1. The van der Waals surface area contributed by atoms with E-state index >= 15 is 0 Å². The molecule has 1 aromatic rings. The van der Waals surface area contributed by atoms with Gasteiger partial charge in [-0.2, -0.15) is 0 Å². The molecule has 0 spiro atoms. The smallest absolute Gasteiger partial charge is 0.127 e. The van der Waals surface area contributed by atoms with E-state index in [1.54, 1.807) is 0 Å². The Morgan fingerprint density at radius 1 is 1.53 bits per heavy atom. The lowest BCUT2D eigenvalue weighted by Gasteiger charge is -2.39. The molecular weight excluding hydrogens is 214 g/mol. The highest BCUT2D eigenvalue weighted by atomic mass is 16.3. The summed E-state index contributed by atoms with van der Waals surface area (Å²) < 4.78 is 0. The fourth-order valence-electron chi connectivity index (χ4n) is 2.20. The summed E-state index contributed by atoms with van der Waals surface area (Å²) in [6.45, 7) is 3.85. The highest BCUT2D eigenvalue weighted by Crippen LogP contribution is 2.29. The van der Waals surface area contributed by atoms with Crippen molar-refractivity contribution in [2.75, 3.05) is 29.9 Å². The van der Waals surface area contributed by atoms with E-state index < -0.39 is 0 Å². The first kappa shape index (κ1) is 12.2. The fraction of sp³-hybridized carbons (Fsp3) is 0.615. The molecule has 1 aliphatic rings. The van der Waals surface area contributed by atoms with Crippen molar-refractivity contribution in [2.45, 2.75) is 32.2 Å². The summed E-state index contributed by atoms with van der Waals surface area (Å²) in [6.07, 6.45) is 5.60. The number of rotatable bonds is 6. The van der Waals surface area contributed by atoms with Crippen LogP contribution in [-0.4, -0.2) is 35.8 Å². The van der Waals surface area contributed by atoms with E-state index in [4.69, 9.17) is 5.11 Å². The molecule has 2 rings (SSSR count). The van der Waals surface area contributed by atoms with E-state index in [2.05, 4.69) is 28.2 Å². The molecule has 1 saturated carbocycles. The zero-order valence-corrected chi connectivity index (χ0v) is 10.4. The van der Waals surface area contributed by atoms with Gasteiger partial charge in [0.15, 0.2) is 0 Å². The summed E-state index contributed by atoms with van der Waals surface area (Å²) in [5.74, 6) is 0.910. The highest BCUT2D eigenvalue weighted by molar-refractivity contribution is 5.54. The molecule has 4 heteroatoms. The predicted molar refractivity (Wildman–Crippen MR) is 70.5 cm³/mol. The van der Waals surface area contributed by atoms with Crippen molar-refractivity contribution in [2.24, 2.45) is 0 Å². The lowest BCUT2D eigenvalue weighted by molar-refractivity contribution is 0.283. The van der Waals surface area contributed by atoms with Crippen molar-refractivity contribution in [1.82, 2.24) is 4.98 Å². The minimum atomic E-state index is 0.204. The number of aromatic nitrogens is 1. The fourth-order valence-corrected chi connectivity index (χ4v) is 2.20. The van der Waals surface area contributed by atoms with E-state index in [0.29, 0.717) is 12.6 Å². The maximum absolute atomic E-state index is 9.17. The minimum absolute atomic E-state index is 0.204. The molecule has 0 aliphatic heterocycles. The van der Waals surface area contributed by atoms with Crippen molar-refractivity contribution in [3.63, 3.8) is 0 Å². The van der Waals surface area contributed by atoms with Crippen LogP contribution in [0.15, 0.2) is 18.3 Å². The van der Waals surface area contributed by atoms with Gasteiger partial charge in [0, 0.05) is 37.1 Å². The van der Waals surface area contributed by atoms with Crippen LogP contribution < -0.4 is 10.2 Å². The van der Waals surface area contributed by atoms with Crippen LogP contribution in [-0.2, 0) is 0 Å². The third-order valence-corrected chi connectivity index (χ3v) is 3.29. The van der Waals surface area contributed by atoms with Crippen LogP contribution in [0.4, 0.5) is 11.5 Å². The molecule has 2 N–H and O–H groups in total. The largest absolute Gasteiger partial charge is 0.395 e. The van der Waals surface area contributed by atoms with Crippen LogP contribution in [0.3, 0.4) is 0 Å². The normalized spacial score (nSPS) is 15.4. The van der Waals surface area contributed by atoms with Crippen LogP contribution >= 0.6 is 0 Å². The number of nitrogens with zero attached hydrogens (tertiary/aromatic N) is 2. The van der Waals surface area contributed by atoms with Crippen molar-refractivity contribution in [1.29, 1.82) is 0 Å². The number of hydrogen-bond donors (Lipinski definition) is 2. The Bertz CT molecular complexity index is 352. The van der Waals surface area contributed by atoms with Crippen LogP contribution in [0.1, 0.15) is 26.2 Å². The summed E-state index contributed by atoms with van der Waals surface area (Å²) in [5.41, 5.74) is 1.16. The van der Waals surface area contributed by atoms with Crippen LogP contribution in [0, 0.1) is 0 Å². The Kier molecular flexibility index (Phi) is 4.20. The average molecular weight is 235 g/mol. The molecule has 1 aliphatic carbocycles. The SMILES string of the molecule is CCNc1cc(N(CCO)C2CCC2)ccn1. The van der Waals surface area contributed by atoms with E-state index in [1.807, 2.05) is 12.3 Å². The van der Waals surface area contributed by atoms with E-state index in [0.717, 1.165) is 18.1 Å². The predicted octanol–water partition coefficient (Wildman–Crippen LogP) is 1.86. The van der Waals surface area contributed by atoms with E-state index in [9.17, 15) is 0 Å². The second kappa shape index (κ2) is 5.87. The molecular formula is C13H21N3O. The summed E-state index contributed by atoms with van der Waals surface area (Å²) in [7, 11) is 0. The Hall–Kier alpha value is -1.29. The van der Waals surface area contributed by atoms with Crippen LogP contribution in [0.5, 0.6) is 0 Å². The lowest BCUT2D eigenvalue weighted by atomic mass is 9.91. The van der Waals surface area contributed by atoms with Crippen molar-refractivity contribution >= 4 is 11.5 Å². The van der Waals surface area contributed by atoms with Crippen LogP contribution in [0.2, 0.25) is 0 Å². The van der Waals surface area contributed by atoms with Gasteiger partial charge >= 0.3 is 0 Å². The Morgan fingerprint density at radius 3 is 2.94 bits per heavy atom. The first-order valence-electron chi connectivity index (χ1n) is 6.42. The summed E-state index contributed by atoms with van der Waals surface area (Å²) in [5, 5.41) is 12.4. The van der Waals surface area contributed by atoms with Crippen molar-refractivity contribution < 1.29 is 5.11 Å². The number of anilines is 2. The standard InChI is InChI=1S/C13H21N3O/c1-2-14-13-10-12(6-7-15-13)16(8-9-17)11-4-3-5-11/h6-7,10-11,17H,2-5,8-9H2,1H3,(H,14,15). The maximum atomic E-state index is 9.17. The Balaban J connectivity index is 2.13. The summed E-state index contributed by atoms with van der Waals surface area (Å²) >= 11 is 0. The molecule has 0 saturated heterocycles. The number of aliphatic hydroxyl groups excluding tert-OH is 1. The van der Waals surface area contributed by atoms with Crippen molar-refractivity contribution in [3.8, 4) is 0 Å². The first-order chi connectivity index (χ1) is 8.35. The van der Waals surface area contributed by atoms with Crippen molar-refractivity contribution in [3.05, 3.63) is 18.3 Å². The Labute approximate surface area is 103 Å². The van der Waals surface area contributed by atoms with Gasteiger partial charge in [-0.3, -0.25) is 0 Å². The second-order valence-corrected chi connectivity index (χ2v) is 4.43. The number of hydrogen-bond acceptors (Lipinski definition) is 4. The minimum Gasteiger partial charge on any atom is -0.395 e. The van der Waals surface area contributed by atoms with E-state index in [1.165, 1.54) is 19.3 Å². The molecule has 1 heterocycles. The first-order valence-corrected chi connectivity index (χ1v) is 6.42. The molecule has 0 atom stereocenters. The lowest BCUT2D eigenvalue weighted by Crippen LogP contribution is -2.42. The van der Waals surface area contributed by atoms with Gasteiger partial charge < -0.3 is 15.3 Å². The molecule has 0 amide bonds. The molecule has 1 aromatic heterocycles. The molecule has 1 fully saturated rings. The third kappa shape index (κ3) is 2.88. The monoisotopic (exact) mass is 235 g/mol. The quantitative estimate of drug-likeness (QED) is 0.790. The van der Waals surface area contributed by atoms with Gasteiger partial charge in [0.05, 0.1) is 6.61 Å². The topological polar surface area (TPSA) is 48.4 Å². The van der Waals surface area contributed by atoms with Gasteiger partial charge in [-0.25, -0.2) is 4.98 Å². The molecule has 0 bridgehead atoms. The number of nitrogens with one attached hydrogen (secondary N) is 1. The van der Waals surface area contributed by atoms with Gasteiger partial charge in [0.25, 0.3) is 0 Å². The molecule has 0 aromatic carbocycles. The van der Waals surface area contributed by atoms with Gasteiger partial charge in [0.2, 0.25) is 0 Å². The molecule has 17 heavy (non-hydrogen) atoms. The summed E-state index contributed by atoms with van der Waals surface area (Å²) in [6, 6.07) is 4.69. The number of pyridine rings is 1. The Morgan fingerprint density at radius 2 is 2.35 bits per heavy atom.